The maximum absolute atomic E-state index is 13.1. The van der Waals surface area contributed by atoms with Crippen molar-refractivity contribution in [1.82, 2.24) is 9.38 Å². The van der Waals surface area contributed by atoms with E-state index in [1.807, 2.05) is 35.7 Å². The van der Waals surface area contributed by atoms with Crippen LogP contribution in [0.15, 0.2) is 42.6 Å². The number of aryl methyl sites for hydroxylation is 1. The average Bonchev–Trinajstić information content (AvgIpc) is 2.71. The van der Waals surface area contributed by atoms with Crippen LogP contribution in [0.3, 0.4) is 0 Å². The Morgan fingerprint density at radius 3 is 2.65 bits per heavy atom. The summed E-state index contributed by atoms with van der Waals surface area (Å²) in [6.07, 6.45) is 1.92. The predicted octanol–water partition coefficient (Wildman–Crippen LogP) is 3.53. The zero-order valence-corrected chi connectivity index (χ0v) is 10.9. The monoisotopic (exact) mass is 273 g/mol. The fourth-order valence-corrected chi connectivity index (χ4v) is 2.22. The molecule has 1 N–H and O–H groups in total. The first-order valence-corrected chi connectivity index (χ1v) is 6.26. The van der Waals surface area contributed by atoms with Gasteiger partial charge in [0, 0.05) is 18.0 Å². The van der Waals surface area contributed by atoms with E-state index < -0.39 is 11.6 Å². The Morgan fingerprint density at radius 2 is 1.90 bits per heavy atom. The molecule has 0 amide bonds. The van der Waals surface area contributed by atoms with E-state index in [0.717, 1.165) is 23.1 Å². The molecule has 3 nitrogen and oxygen atoms in total. The Morgan fingerprint density at radius 1 is 1.15 bits per heavy atom. The summed E-state index contributed by atoms with van der Waals surface area (Å²) < 4.78 is 28.2. The normalized spacial score (nSPS) is 10.9. The van der Waals surface area contributed by atoms with Gasteiger partial charge in [-0.05, 0) is 31.2 Å². The average molecular weight is 273 g/mol. The summed E-state index contributed by atoms with van der Waals surface area (Å²) in [5, 5.41) is 3.02. The van der Waals surface area contributed by atoms with Crippen molar-refractivity contribution in [2.24, 2.45) is 0 Å². The number of halogens is 2. The molecule has 2 aromatic heterocycles. The summed E-state index contributed by atoms with van der Waals surface area (Å²) in [7, 11) is 0. The second kappa shape index (κ2) is 4.92. The predicted molar refractivity (Wildman–Crippen MR) is 73.6 cm³/mol. The highest BCUT2D eigenvalue weighted by molar-refractivity contribution is 5.47. The SMILES string of the molecule is Cc1nc2ccccn2c1CNc1cc(F)cc(F)c1. The molecule has 0 saturated heterocycles. The molecule has 0 radical (unpaired) electrons. The molecule has 0 aliphatic rings. The van der Waals surface area contributed by atoms with Gasteiger partial charge in [0.15, 0.2) is 0 Å². The smallest absolute Gasteiger partial charge is 0.137 e. The van der Waals surface area contributed by atoms with Crippen LogP contribution < -0.4 is 5.32 Å². The van der Waals surface area contributed by atoms with Gasteiger partial charge in [-0.15, -0.1) is 0 Å². The molecule has 0 fully saturated rings. The molecule has 5 heteroatoms. The lowest BCUT2D eigenvalue weighted by molar-refractivity contribution is 0.584. The number of benzene rings is 1. The molecule has 102 valence electrons. The summed E-state index contributed by atoms with van der Waals surface area (Å²) >= 11 is 0. The third-order valence-electron chi connectivity index (χ3n) is 3.15. The van der Waals surface area contributed by atoms with Crippen LogP contribution in [-0.2, 0) is 6.54 Å². The standard InChI is InChI=1S/C15H13F2N3/c1-10-14(20-5-3-2-4-15(20)19-10)9-18-13-7-11(16)6-12(17)8-13/h2-8,18H,9H2,1H3. The Balaban J connectivity index is 1.88. The number of nitrogens with zero attached hydrogens (tertiary/aromatic N) is 2. The molecular weight excluding hydrogens is 260 g/mol. The summed E-state index contributed by atoms with van der Waals surface area (Å²) in [4.78, 5) is 4.44. The van der Waals surface area contributed by atoms with E-state index in [0.29, 0.717) is 12.2 Å². The van der Waals surface area contributed by atoms with Crippen molar-refractivity contribution in [2.75, 3.05) is 5.32 Å². The van der Waals surface area contributed by atoms with E-state index >= 15 is 0 Å². The number of pyridine rings is 1. The highest BCUT2D eigenvalue weighted by Gasteiger charge is 2.08. The van der Waals surface area contributed by atoms with Crippen LogP contribution >= 0.6 is 0 Å². The Bertz CT molecular complexity index is 745. The number of hydrogen-bond acceptors (Lipinski definition) is 2. The maximum Gasteiger partial charge on any atom is 0.137 e. The molecule has 0 aliphatic carbocycles. The van der Waals surface area contributed by atoms with E-state index in [2.05, 4.69) is 10.3 Å². The lowest BCUT2D eigenvalue weighted by atomic mass is 10.2. The number of anilines is 1. The van der Waals surface area contributed by atoms with Crippen LogP contribution in [0, 0.1) is 18.6 Å². The highest BCUT2D eigenvalue weighted by Crippen LogP contribution is 2.16. The largest absolute Gasteiger partial charge is 0.379 e. The molecule has 0 atom stereocenters. The van der Waals surface area contributed by atoms with Crippen LogP contribution in [0.4, 0.5) is 14.5 Å². The van der Waals surface area contributed by atoms with Gasteiger partial charge >= 0.3 is 0 Å². The van der Waals surface area contributed by atoms with Crippen molar-refractivity contribution < 1.29 is 8.78 Å². The van der Waals surface area contributed by atoms with E-state index in [-0.39, 0.29) is 0 Å². The molecular formula is C15H13F2N3. The third kappa shape index (κ3) is 2.34. The topological polar surface area (TPSA) is 29.3 Å². The van der Waals surface area contributed by atoms with Crippen molar-refractivity contribution >= 4 is 11.3 Å². The van der Waals surface area contributed by atoms with E-state index in [1.165, 1.54) is 12.1 Å². The van der Waals surface area contributed by atoms with Gasteiger partial charge in [-0.1, -0.05) is 6.07 Å². The van der Waals surface area contributed by atoms with Gasteiger partial charge in [-0.3, -0.25) is 0 Å². The van der Waals surface area contributed by atoms with Crippen LogP contribution in [0.2, 0.25) is 0 Å². The number of rotatable bonds is 3. The lowest BCUT2D eigenvalue weighted by Crippen LogP contribution is -2.04. The first-order valence-electron chi connectivity index (χ1n) is 6.26. The van der Waals surface area contributed by atoms with Crippen molar-refractivity contribution in [2.45, 2.75) is 13.5 Å². The fourth-order valence-electron chi connectivity index (χ4n) is 2.22. The van der Waals surface area contributed by atoms with Gasteiger partial charge in [0.05, 0.1) is 17.9 Å². The van der Waals surface area contributed by atoms with E-state index in [1.54, 1.807) is 0 Å². The van der Waals surface area contributed by atoms with Crippen molar-refractivity contribution in [1.29, 1.82) is 0 Å². The van der Waals surface area contributed by atoms with Gasteiger partial charge in [-0.2, -0.15) is 0 Å². The summed E-state index contributed by atoms with van der Waals surface area (Å²) in [6.45, 7) is 2.36. The second-order valence-electron chi connectivity index (χ2n) is 4.58. The number of hydrogen-bond donors (Lipinski definition) is 1. The van der Waals surface area contributed by atoms with Gasteiger partial charge in [0.25, 0.3) is 0 Å². The van der Waals surface area contributed by atoms with Crippen LogP contribution in [0.5, 0.6) is 0 Å². The van der Waals surface area contributed by atoms with Crippen molar-refractivity contribution in [3.05, 3.63) is 65.6 Å². The van der Waals surface area contributed by atoms with E-state index in [9.17, 15) is 8.78 Å². The van der Waals surface area contributed by atoms with Crippen molar-refractivity contribution in [3.8, 4) is 0 Å². The van der Waals surface area contributed by atoms with Gasteiger partial charge in [0.2, 0.25) is 0 Å². The number of aromatic nitrogens is 2. The Labute approximate surface area is 114 Å². The Hall–Kier alpha value is -2.43. The zero-order valence-electron chi connectivity index (χ0n) is 10.9. The molecule has 2 heterocycles. The quantitative estimate of drug-likeness (QED) is 0.791. The molecule has 0 aliphatic heterocycles. The summed E-state index contributed by atoms with van der Waals surface area (Å²) in [5.41, 5.74) is 3.12. The molecule has 20 heavy (non-hydrogen) atoms. The molecule has 3 rings (SSSR count). The third-order valence-corrected chi connectivity index (χ3v) is 3.15. The van der Waals surface area contributed by atoms with Crippen LogP contribution in [-0.4, -0.2) is 9.38 Å². The van der Waals surface area contributed by atoms with Crippen LogP contribution in [0.1, 0.15) is 11.4 Å². The van der Waals surface area contributed by atoms with Crippen molar-refractivity contribution in [3.63, 3.8) is 0 Å². The number of imidazole rings is 1. The minimum Gasteiger partial charge on any atom is -0.379 e. The lowest BCUT2D eigenvalue weighted by Gasteiger charge is -2.07. The highest BCUT2D eigenvalue weighted by atomic mass is 19.1. The maximum atomic E-state index is 13.1. The minimum absolute atomic E-state index is 0.410. The molecule has 0 spiro atoms. The molecule has 0 unspecified atom stereocenters. The first kappa shape index (κ1) is 12.6. The van der Waals surface area contributed by atoms with Gasteiger partial charge < -0.3 is 9.72 Å². The van der Waals surface area contributed by atoms with Gasteiger partial charge in [-0.25, -0.2) is 13.8 Å². The van der Waals surface area contributed by atoms with Gasteiger partial charge in [0.1, 0.15) is 17.3 Å². The minimum atomic E-state index is -0.595. The summed E-state index contributed by atoms with van der Waals surface area (Å²) in [5.74, 6) is -1.19. The fraction of sp³-hybridized carbons (Fsp3) is 0.133. The Kier molecular flexibility index (Phi) is 3.10. The van der Waals surface area contributed by atoms with E-state index in [4.69, 9.17) is 0 Å². The number of fused-ring (bicyclic) bond motifs is 1. The molecule has 1 aromatic carbocycles. The molecule has 0 saturated carbocycles. The molecule has 0 bridgehead atoms. The zero-order chi connectivity index (χ0) is 14.1. The van der Waals surface area contributed by atoms with Crippen LogP contribution in [0.25, 0.3) is 5.65 Å². The first-order chi connectivity index (χ1) is 9.63. The summed E-state index contributed by atoms with van der Waals surface area (Å²) in [6, 6.07) is 9.13. The molecule has 3 aromatic rings. The number of nitrogens with one attached hydrogen (secondary N) is 1. The second-order valence-corrected chi connectivity index (χ2v) is 4.58.